The number of nitrogens with zero attached hydrogens (tertiary/aromatic N) is 5. The summed E-state index contributed by atoms with van der Waals surface area (Å²) in [5, 5.41) is 4.16. The second-order valence-corrected chi connectivity index (χ2v) is 10.4. The molecule has 2 aromatic heterocycles. The Kier molecular flexibility index (Phi) is 6.62. The number of halogens is 1. The molecule has 170 valence electrons. The fraction of sp³-hybridized carbons (Fsp3) is 0.522. The van der Waals surface area contributed by atoms with E-state index in [1.54, 1.807) is 0 Å². The highest BCUT2D eigenvalue weighted by Crippen LogP contribution is 2.28. The number of piperidine rings is 1. The van der Waals surface area contributed by atoms with Crippen molar-refractivity contribution >= 4 is 40.4 Å². The van der Waals surface area contributed by atoms with Crippen molar-refractivity contribution in [2.75, 3.05) is 50.7 Å². The summed E-state index contributed by atoms with van der Waals surface area (Å²) in [6.45, 7) is 6.72. The number of carbonyl (C=O) groups excluding carboxylic acids is 1. The first-order valence-electron chi connectivity index (χ1n) is 11.3. The highest BCUT2D eigenvalue weighted by molar-refractivity contribution is 7.18. The third kappa shape index (κ3) is 4.92. The summed E-state index contributed by atoms with van der Waals surface area (Å²) in [5.41, 5.74) is 0.819. The Labute approximate surface area is 197 Å². The number of thiophene rings is 1. The van der Waals surface area contributed by atoms with Crippen molar-refractivity contribution in [1.29, 1.82) is 0 Å². The molecule has 2 unspecified atom stereocenters. The van der Waals surface area contributed by atoms with Crippen LogP contribution in [0, 0.1) is 5.92 Å². The number of carbonyl (C=O) groups is 1. The Morgan fingerprint density at radius 3 is 2.78 bits per heavy atom. The van der Waals surface area contributed by atoms with Gasteiger partial charge in [-0.3, -0.25) is 9.69 Å². The van der Waals surface area contributed by atoms with Crippen LogP contribution in [0.3, 0.4) is 0 Å². The van der Waals surface area contributed by atoms with E-state index in [9.17, 15) is 4.79 Å². The Balaban J connectivity index is 1.10. The van der Waals surface area contributed by atoms with E-state index in [1.165, 1.54) is 17.8 Å². The van der Waals surface area contributed by atoms with Crippen molar-refractivity contribution in [2.24, 2.45) is 11.1 Å². The summed E-state index contributed by atoms with van der Waals surface area (Å²) in [6, 6.07) is 9.86. The number of piperazine rings is 1. The van der Waals surface area contributed by atoms with Gasteiger partial charge < -0.3 is 14.6 Å². The molecule has 0 spiro atoms. The summed E-state index contributed by atoms with van der Waals surface area (Å²) in [4.78, 5) is 30.9. The van der Waals surface area contributed by atoms with E-state index in [0.717, 1.165) is 73.0 Å². The first kappa shape index (κ1) is 21.7. The summed E-state index contributed by atoms with van der Waals surface area (Å²) in [5.74, 6) is 1.63. The maximum Gasteiger partial charge on any atom is 0.266 e. The van der Waals surface area contributed by atoms with Crippen LogP contribution >= 0.6 is 22.9 Å². The minimum absolute atomic E-state index is 0.0658. The van der Waals surface area contributed by atoms with Crippen LogP contribution in [-0.2, 0) is 9.63 Å². The molecule has 0 bridgehead atoms. The van der Waals surface area contributed by atoms with Gasteiger partial charge in [0, 0.05) is 58.4 Å². The quantitative estimate of drug-likeness (QED) is 0.666. The van der Waals surface area contributed by atoms with Crippen LogP contribution < -0.4 is 4.90 Å². The van der Waals surface area contributed by atoms with E-state index in [0.29, 0.717) is 12.3 Å². The SMILES string of the molecule is O=C(C1CC(c2ccc(Cl)s2)=NO1)N1CCCC(CN2CCN(c3ccccn3)CC2)C1. The lowest BCUT2D eigenvalue weighted by atomic mass is 9.96. The van der Waals surface area contributed by atoms with Gasteiger partial charge in [-0.25, -0.2) is 4.98 Å². The number of rotatable bonds is 5. The topological polar surface area (TPSA) is 61.3 Å². The number of likely N-dealkylation sites (tertiary alicyclic amines) is 1. The second-order valence-electron chi connectivity index (χ2n) is 8.71. The minimum atomic E-state index is -0.508. The standard InChI is InChI=1S/C23H28ClN5O2S/c24-21-7-6-20(32-21)18-14-19(31-26-18)23(30)29-9-3-4-17(16-29)15-27-10-12-28(13-11-27)22-5-1-2-8-25-22/h1-2,5-8,17,19H,3-4,9-16H2. The number of anilines is 1. The highest BCUT2D eigenvalue weighted by Gasteiger charge is 2.35. The van der Waals surface area contributed by atoms with Gasteiger partial charge >= 0.3 is 0 Å². The maximum atomic E-state index is 13.1. The number of pyridine rings is 1. The predicted molar refractivity (Wildman–Crippen MR) is 128 cm³/mol. The molecule has 0 N–H and O–H groups in total. The molecule has 32 heavy (non-hydrogen) atoms. The second kappa shape index (κ2) is 9.77. The molecule has 3 aliphatic heterocycles. The Hall–Kier alpha value is -2.16. The van der Waals surface area contributed by atoms with E-state index in [2.05, 4.69) is 26.0 Å². The van der Waals surface area contributed by atoms with E-state index in [1.807, 2.05) is 35.4 Å². The molecule has 0 aliphatic carbocycles. The first-order valence-corrected chi connectivity index (χ1v) is 12.5. The summed E-state index contributed by atoms with van der Waals surface area (Å²) in [7, 11) is 0. The number of oxime groups is 1. The van der Waals surface area contributed by atoms with Gasteiger partial charge in [-0.05, 0) is 43.0 Å². The molecule has 9 heteroatoms. The lowest BCUT2D eigenvalue weighted by Crippen LogP contribution is -2.51. The zero-order valence-corrected chi connectivity index (χ0v) is 19.6. The zero-order chi connectivity index (χ0) is 21.9. The van der Waals surface area contributed by atoms with Gasteiger partial charge in [-0.2, -0.15) is 0 Å². The molecule has 5 heterocycles. The van der Waals surface area contributed by atoms with Gasteiger partial charge in [0.1, 0.15) is 11.5 Å². The Morgan fingerprint density at radius 2 is 2.03 bits per heavy atom. The number of hydrogen-bond donors (Lipinski definition) is 0. The average Bonchev–Trinajstić information content (AvgIpc) is 3.49. The molecule has 0 radical (unpaired) electrons. The van der Waals surface area contributed by atoms with E-state index in [-0.39, 0.29) is 5.91 Å². The summed E-state index contributed by atoms with van der Waals surface area (Å²) in [6.07, 6.45) is 4.09. The number of amides is 1. The lowest BCUT2D eigenvalue weighted by molar-refractivity contribution is -0.144. The predicted octanol–water partition coefficient (Wildman–Crippen LogP) is 3.35. The molecule has 2 atom stereocenters. The van der Waals surface area contributed by atoms with Crippen molar-refractivity contribution < 1.29 is 9.63 Å². The van der Waals surface area contributed by atoms with Crippen molar-refractivity contribution in [3.63, 3.8) is 0 Å². The van der Waals surface area contributed by atoms with E-state index in [4.69, 9.17) is 16.4 Å². The van der Waals surface area contributed by atoms with Crippen molar-refractivity contribution in [3.05, 3.63) is 45.7 Å². The van der Waals surface area contributed by atoms with Crippen LogP contribution in [0.2, 0.25) is 4.34 Å². The maximum absolute atomic E-state index is 13.1. The highest BCUT2D eigenvalue weighted by atomic mass is 35.5. The van der Waals surface area contributed by atoms with Crippen LogP contribution in [0.4, 0.5) is 5.82 Å². The molecule has 3 aliphatic rings. The monoisotopic (exact) mass is 473 g/mol. The Morgan fingerprint density at radius 1 is 1.16 bits per heavy atom. The normalized spacial score (nSPS) is 24.3. The zero-order valence-electron chi connectivity index (χ0n) is 18.0. The lowest BCUT2D eigenvalue weighted by Gasteiger charge is -2.40. The molecule has 2 saturated heterocycles. The van der Waals surface area contributed by atoms with Crippen molar-refractivity contribution in [1.82, 2.24) is 14.8 Å². The van der Waals surface area contributed by atoms with Gasteiger partial charge in [0.15, 0.2) is 0 Å². The number of hydrogen-bond acceptors (Lipinski definition) is 7. The molecule has 7 nitrogen and oxygen atoms in total. The van der Waals surface area contributed by atoms with Gasteiger partial charge in [0.2, 0.25) is 6.10 Å². The van der Waals surface area contributed by atoms with Crippen molar-refractivity contribution in [3.8, 4) is 0 Å². The van der Waals surface area contributed by atoms with Crippen molar-refractivity contribution in [2.45, 2.75) is 25.4 Å². The molecule has 2 fully saturated rings. The molecular formula is C23H28ClN5O2S. The van der Waals surface area contributed by atoms with Crippen LogP contribution in [0.1, 0.15) is 24.1 Å². The molecule has 2 aromatic rings. The van der Waals surface area contributed by atoms with Crippen LogP contribution in [0.5, 0.6) is 0 Å². The number of aromatic nitrogens is 1. The molecule has 0 aromatic carbocycles. The van der Waals surface area contributed by atoms with Gasteiger partial charge in [0.25, 0.3) is 5.91 Å². The fourth-order valence-electron chi connectivity index (χ4n) is 4.81. The third-order valence-corrected chi connectivity index (χ3v) is 7.77. The fourth-order valence-corrected chi connectivity index (χ4v) is 5.84. The smallest absolute Gasteiger partial charge is 0.266 e. The minimum Gasteiger partial charge on any atom is -0.382 e. The van der Waals surface area contributed by atoms with E-state index < -0.39 is 6.10 Å². The average molecular weight is 474 g/mol. The molecule has 5 rings (SSSR count). The summed E-state index contributed by atoms with van der Waals surface area (Å²) >= 11 is 7.50. The van der Waals surface area contributed by atoms with Gasteiger partial charge in [-0.15, -0.1) is 11.3 Å². The largest absolute Gasteiger partial charge is 0.382 e. The first-order chi connectivity index (χ1) is 15.7. The molecular weight excluding hydrogens is 446 g/mol. The van der Waals surface area contributed by atoms with Gasteiger partial charge in [-0.1, -0.05) is 22.8 Å². The van der Waals surface area contributed by atoms with Crippen LogP contribution in [0.25, 0.3) is 0 Å². The third-order valence-electron chi connectivity index (χ3n) is 6.49. The molecule has 0 saturated carbocycles. The summed E-state index contributed by atoms with van der Waals surface area (Å²) < 4.78 is 0.720. The molecule has 1 amide bonds. The van der Waals surface area contributed by atoms with E-state index >= 15 is 0 Å². The van der Waals surface area contributed by atoms with Crippen LogP contribution in [-0.4, -0.2) is 78.3 Å². The Bertz CT molecular complexity index is 960. The van der Waals surface area contributed by atoms with Crippen LogP contribution in [0.15, 0.2) is 41.7 Å². The van der Waals surface area contributed by atoms with Gasteiger partial charge in [0.05, 0.1) is 9.21 Å².